The summed E-state index contributed by atoms with van der Waals surface area (Å²) in [6, 6.07) is 4.86. The van der Waals surface area contributed by atoms with Gasteiger partial charge < -0.3 is 10.2 Å². The number of amides is 1. The van der Waals surface area contributed by atoms with Gasteiger partial charge in [0.25, 0.3) is 0 Å². The number of nitrogens with one attached hydrogen (secondary N) is 2. The summed E-state index contributed by atoms with van der Waals surface area (Å²) in [7, 11) is -3.59. The minimum atomic E-state index is -3.59. The third kappa shape index (κ3) is 5.97. The molecule has 1 heterocycles. The highest BCUT2D eigenvalue weighted by Gasteiger charge is 2.18. The standard InChI is InChI=1S/C18H29N3O3S2/c1-14(2)18(22)20-16-13-15(7-8-17(16)25-3)26(23,24)19-9-6-12-21-10-4-5-11-21/h7-8,13-14,19H,4-6,9-12H2,1-3H3,(H,20,22). The first-order chi connectivity index (χ1) is 12.3. The number of sulfonamides is 1. The molecule has 0 radical (unpaired) electrons. The van der Waals surface area contributed by atoms with E-state index in [9.17, 15) is 13.2 Å². The van der Waals surface area contributed by atoms with Crippen LogP contribution in [0.15, 0.2) is 28.0 Å². The van der Waals surface area contributed by atoms with E-state index in [2.05, 4.69) is 14.9 Å². The number of hydrogen-bond donors (Lipinski definition) is 2. The van der Waals surface area contributed by atoms with Gasteiger partial charge in [-0.25, -0.2) is 13.1 Å². The lowest BCUT2D eigenvalue weighted by Crippen LogP contribution is -2.29. The number of nitrogens with zero attached hydrogens (tertiary/aromatic N) is 1. The molecule has 1 aromatic carbocycles. The molecule has 0 aliphatic carbocycles. The molecule has 1 aliphatic rings. The first-order valence-corrected chi connectivity index (χ1v) is 11.7. The lowest BCUT2D eigenvalue weighted by molar-refractivity contribution is -0.118. The van der Waals surface area contributed by atoms with Gasteiger partial charge in [-0.2, -0.15) is 0 Å². The van der Waals surface area contributed by atoms with Gasteiger partial charge in [-0.3, -0.25) is 4.79 Å². The summed E-state index contributed by atoms with van der Waals surface area (Å²) < 4.78 is 27.8. The largest absolute Gasteiger partial charge is 0.325 e. The van der Waals surface area contributed by atoms with Gasteiger partial charge in [0.05, 0.1) is 10.6 Å². The number of likely N-dealkylation sites (tertiary alicyclic amines) is 1. The van der Waals surface area contributed by atoms with E-state index in [1.54, 1.807) is 26.0 Å². The minimum Gasteiger partial charge on any atom is -0.325 e. The third-order valence-corrected chi connectivity index (χ3v) is 6.66. The average molecular weight is 400 g/mol. The third-order valence-electron chi connectivity index (χ3n) is 4.41. The molecule has 1 amide bonds. The number of benzene rings is 1. The lowest BCUT2D eigenvalue weighted by atomic mass is 10.2. The lowest BCUT2D eigenvalue weighted by Gasteiger charge is -2.15. The molecule has 0 saturated carbocycles. The molecular weight excluding hydrogens is 370 g/mol. The Hall–Kier alpha value is -1.09. The van der Waals surface area contributed by atoms with Crippen molar-refractivity contribution in [3.63, 3.8) is 0 Å². The van der Waals surface area contributed by atoms with Crippen LogP contribution in [0.1, 0.15) is 33.1 Å². The summed E-state index contributed by atoms with van der Waals surface area (Å²) >= 11 is 1.47. The predicted molar refractivity (Wildman–Crippen MR) is 107 cm³/mol. The van der Waals surface area contributed by atoms with E-state index in [0.29, 0.717) is 12.2 Å². The van der Waals surface area contributed by atoms with E-state index >= 15 is 0 Å². The second-order valence-electron chi connectivity index (χ2n) is 6.81. The molecule has 1 saturated heterocycles. The van der Waals surface area contributed by atoms with E-state index in [1.807, 2.05) is 6.26 Å². The van der Waals surface area contributed by atoms with Crippen LogP contribution in [-0.4, -0.2) is 51.7 Å². The molecule has 0 bridgehead atoms. The highest BCUT2D eigenvalue weighted by Crippen LogP contribution is 2.28. The van der Waals surface area contributed by atoms with E-state index in [0.717, 1.165) is 31.0 Å². The zero-order valence-corrected chi connectivity index (χ0v) is 17.4. The van der Waals surface area contributed by atoms with Crippen LogP contribution in [0.2, 0.25) is 0 Å². The summed E-state index contributed by atoms with van der Waals surface area (Å²) in [4.78, 5) is 15.4. The van der Waals surface area contributed by atoms with E-state index in [1.165, 1.54) is 30.7 Å². The maximum Gasteiger partial charge on any atom is 0.240 e. The van der Waals surface area contributed by atoms with Crippen LogP contribution >= 0.6 is 11.8 Å². The van der Waals surface area contributed by atoms with Crippen molar-refractivity contribution in [3.8, 4) is 0 Å². The van der Waals surface area contributed by atoms with Gasteiger partial charge in [0.2, 0.25) is 15.9 Å². The van der Waals surface area contributed by atoms with E-state index in [4.69, 9.17) is 0 Å². The molecule has 0 atom stereocenters. The minimum absolute atomic E-state index is 0.131. The molecule has 1 aromatic rings. The number of carbonyl (C=O) groups is 1. The zero-order chi connectivity index (χ0) is 19.2. The second-order valence-corrected chi connectivity index (χ2v) is 9.42. The van der Waals surface area contributed by atoms with Crippen LogP contribution in [0.5, 0.6) is 0 Å². The van der Waals surface area contributed by atoms with Gasteiger partial charge in [-0.05, 0) is 63.4 Å². The highest BCUT2D eigenvalue weighted by molar-refractivity contribution is 7.98. The first-order valence-electron chi connectivity index (χ1n) is 9.04. The fourth-order valence-electron chi connectivity index (χ4n) is 2.83. The summed E-state index contributed by atoms with van der Waals surface area (Å²) in [5, 5.41) is 2.82. The van der Waals surface area contributed by atoms with Crippen molar-refractivity contribution in [1.82, 2.24) is 9.62 Å². The molecule has 0 spiro atoms. The molecule has 6 nitrogen and oxygen atoms in total. The van der Waals surface area contributed by atoms with Gasteiger partial charge >= 0.3 is 0 Å². The smallest absolute Gasteiger partial charge is 0.240 e. The molecule has 1 aliphatic heterocycles. The summed E-state index contributed by atoms with van der Waals surface area (Å²) in [6.07, 6.45) is 5.15. The van der Waals surface area contributed by atoms with Gasteiger partial charge in [0.15, 0.2) is 0 Å². The van der Waals surface area contributed by atoms with Gasteiger partial charge in [0.1, 0.15) is 0 Å². The normalized spacial score (nSPS) is 15.5. The predicted octanol–water partition coefficient (Wildman–Crippen LogP) is 2.77. The molecule has 1 fully saturated rings. The van der Waals surface area contributed by atoms with Crippen LogP contribution in [0, 0.1) is 5.92 Å². The topological polar surface area (TPSA) is 78.5 Å². The van der Waals surface area contributed by atoms with Crippen LogP contribution in [0.4, 0.5) is 5.69 Å². The maximum absolute atomic E-state index is 12.6. The summed E-state index contributed by atoms with van der Waals surface area (Å²) in [6.45, 7) is 7.16. The molecule has 2 N–H and O–H groups in total. The molecule has 26 heavy (non-hydrogen) atoms. The Morgan fingerprint density at radius 2 is 1.96 bits per heavy atom. The van der Waals surface area contributed by atoms with Crippen LogP contribution in [-0.2, 0) is 14.8 Å². The van der Waals surface area contributed by atoms with E-state index < -0.39 is 10.0 Å². The van der Waals surface area contributed by atoms with Gasteiger partial charge in [0, 0.05) is 17.4 Å². The number of anilines is 1. The van der Waals surface area contributed by atoms with Crippen LogP contribution in [0.25, 0.3) is 0 Å². The molecule has 0 unspecified atom stereocenters. The fraction of sp³-hybridized carbons (Fsp3) is 0.611. The maximum atomic E-state index is 12.6. The van der Waals surface area contributed by atoms with Crippen LogP contribution < -0.4 is 10.0 Å². The summed E-state index contributed by atoms with van der Waals surface area (Å²) in [5.41, 5.74) is 0.538. The molecule has 0 aromatic heterocycles. The van der Waals surface area contributed by atoms with Crippen molar-refractivity contribution in [1.29, 1.82) is 0 Å². The van der Waals surface area contributed by atoms with Crippen molar-refractivity contribution < 1.29 is 13.2 Å². The Labute approximate surface area is 161 Å². The number of rotatable bonds is 9. The second kappa shape index (κ2) is 9.73. The average Bonchev–Trinajstić information content (AvgIpc) is 3.12. The zero-order valence-electron chi connectivity index (χ0n) is 15.7. The van der Waals surface area contributed by atoms with Crippen molar-refractivity contribution in [3.05, 3.63) is 18.2 Å². The quantitative estimate of drug-likeness (QED) is 0.493. The van der Waals surface area contributed by atoms with Crippen molar-refractivity contribution in [2.75, 3.05) is 37.8 Å². The summed E-state index contributed by atoms with van der Waals surface area (Å²) in [5.74, 6) is -0.304. The Kier molecular flexibility index (Phi) is 7.94. The van der Waals surface area contributed by atoms with Gasteiger partial charge in [-0.1, -0.05) is 13.8 Å². The number of thioether (sulfide) groups is 1. The van der Waals surface area contributed by atoms with E-state index in [-0.39, 0.29) is 16.7 Å². The molecule has 8 heteroatoms. The Morgan fingerprint density at radius 3 is 2.58 bits per heavy atom. The SMILES string of the molecule is CSc1ccc(S(=O)(=O)NCCCN2CCCC2)cc1NC(=O)C(C)C. The number of carbonyl (C=O) groups excluding carboxylic acids is 1. The Bertz CT molecular complexity index is 714. The Morgan fingerprint density at radius 1 is 1.27 bits per heavy atom. The Balaban J connectivity index is 2.01. The first kappa shape index (κ1) is 21.2. The van der Waals surface area contributed by atoms with Crippen molar-refractivity contribution in [2.24, 2.45) is 5.92 Å². The van der Waals surface area contributed by atoms with Gasteiger partial charge in [-0.15, -0.1) is 11.8 Å². The van der Waals surface area contributed by atoms with Crippen molar-refractivity contribution in [2.45, 2.75) is 42.9 Å². The highest BCUT2D eigenvalue weighted by atomic mass is 32.2. The number of hydrogen-bond acceptors (Lipinski definition) is 5. The molecule has 2 rings (SSSR count). The van der Waals surface area contributed by atoms with Crippen LogP contribution in [0.3, 0.4) is 0 Å². The monoisotopic (exact) mass is 399 g/mol. The molecule has 146 valence electrons. The van der Waals surface area contributed by atoms with Crippen molar-refractivity contribution >= 4 is 33.4 Å². The fourth-order valence-corrected chi connectivity index (χ4v) is 4.46. The molecular formula is C18H29N3O3S2.